The topological polar surface area (TPSA) is 80.4 Å². The summed E-state index contributed by atoms with van der Waals surface area (Å²) in [6.45, 7) is 2.12. The second-order valence-corrected chi connectivity index (χ2v) is 6.09. The third kappa shape index (κ3) is 3.12. The first-order chi connectivity index (χ1) is 12.1. The van der Waals surface area contributed by atoms with Gasteiger partial charge in [0.25, 0.3) is 5.91 Å². The lowest BCUT2D eigenvalue weighted by Crippen LogP contribution is -2.24. The Bertz CT molecular complexity index is 823. The number of fused-ring (bicyclic) bond motifs is 1. The van der Waals surface area contributed by atoms with Crippen molar-refractivity contribution in [3.8, 4) is 11.5 Å². The van der Waals surface area contributed by atoms with Crippen LogP contribution >= 0.6 is 0 Å². The number of ether oxygens (including phenoxy) is 2. The molecule has 0 atom stereocenters. The number of ketones is 1. The number of aryl methyl sites for hydroxylation is 1. The van der Waals surface area contributed by atoms with Crippen LogP contribution < -0.4 is 14.8 Å². The summed E-state index contributed by atoms with van der Waals surface area (Å²) in [4.78, 5) is 27.8. The van der Waals surface area contributed by atoms with Crippen molar-refractivity contribution in [3.05, 3.63) is 46.3 Å². The molecule has 0 bridgehead atoms. The Morgan fingerprint density at radius 2 is 2.04 bits per heavy atom. The van der Waals surface area contributed by atoms with E-state index < -0.39 is 0 Å². The van der Waals surface area contributed by atoms with Gasteiger partial charge in [0.05, 0.1) is 14.2 Å². The number of H-pyrrole nitrogens is 1. The van der Waals surface area contributed by atoms with Crippen LogP contribution in [-0.2, 0) is 13.0 Å². The number of rotatable bonds is 5. The number of aromatic amines is 1. The SMILES string of the molecule is COc1cccc(CNC(=O)c2[nH]c3c(c2C)C(=O)CCC3)c1OC. The maximum absolute atomic E-state index is 12.6. The highest BCUT2D eigenvalue weighted by Gasteiger charge is 2.26. The number of amides is 1. The fourth-order valence-corrected chi connectivity index (χ4v) is 3.36. The molecule has 0 fully saturated rings. The molecule has 6 nitrogen and oxygen atoms in total. The molecule has 2 N–H and O–H groups in total. The van der Waals surface area contributed by atoms with Gasteiger partial charge in [0.2, 0.25) is 0 Å². The quantitative estimate of drug-likeness (QED) is 0.875. The molecular formula is C19H22N2O4. The summed E-state index contributed by atoms with van der Waals surface area (Å²) >= 11 is 0. The van der Waals surface area contributed by atoms with Crippen molar-refractivity contribution in [3.63, 3.8) is 0 Å². The monoisotopic (exact) mass is 342 g/mol. The standard InChI is InChI=1S/C19H22N2O4/c1-11-16-13(7-5-8-14(16)22)21-17(11)19(23)20-10-12-6-4-9-15(24-2)18(12)25-3/h4,6,9,21H,5,7-8,10H2,1-3H3,(H,20,23). The number of aromatic nitrogens is 1. The third-order valence-corrected chi connectivity index (χ3v) is 4.59. The number of carbonyl (C=O) groups is 2. The first-order valence-electron chi connectivity index (χ1n) is 8.29. The lowest BCUT2D eigenvalue weighted by atomic mass is 9.94. The molecule has 6 heteroatoms. The Labute approximate surface area is 146 Å². The highest BCUT2D eigenvalue weighted by atomic mass is 16.5. The fraction of sp³-hybridized carbons (Fsp3) is 0.368. The summed E-state index contributed by atoms with van der Waals surface area (Å²) in [7, 11) is 3.14. The number of carbonyl (C=O) groups excluding carboxylic acids is 2. The largest absolute Gasteiger partial charge is 0.493 e. The van der Waals surface area contributed by atoms with Gasteiger partial charge in [-0.1, -0.05) is 12.1 Å². The van der Waals surface area contributed by atoms with Gasteiger partial charge in [0.15, 0.2) is 17.3 Å². The third-order valence-electron chi connectivity index (χ3n) is 4.59. The molecule has 0 spiro atoms. The van der Waals surface area contributed by atoms with Crippen LogP contribution in [0.15, 0.2) is 18.2 Å². The zero-order chi connectivity index (χ0) is 18.0. The predicted octanol–water partition coefficient (Wildman–Crippen LogP) is 2.79. The minimum absolute atomic E-state index is 0.114. The van der Waals surface area contributed by atoms with Crippen LogP contribution in [0.3, 0.4) is 0 Å². The van der Waals surface area contributed by atoms with Crippen LogP contribution in [0.2, 0.25) is 0 Å². The molecular weight excluding hydrogens is 320 g/mol. The molecule has 0 radical (unpaired) electrons. The maximum atomic E-state index is 12.6. The average molecular weight is 342 g/mol. The van der Waals surface area contributed by atoms with Crippen LogP contribution in [0.1, 0.15) is 50.5 Å². The number of hydrogen-bond donors (Lipinski definition) is 2. The zero-order valence-corrected chi connectivity index (χ0v) is 14.7. The predicted molar refractivity (Wildman–Crippen MR) is 93.5 cm³/mol. The van der Waals surface area contributed by atoms with Gasteiger partial charge in [-0.2, -0.15) is 0 Å². The summed E-state index contributed by atoms with van der Waals surface area (Å²) < 4.78 is 10.7. The van der Waals surface area contributed by atoms with E-state index in [1.165, 1.54) is 0 Å². The fourth-order valence-electron chi connectivity index (χ4n) is 3.36. The minimum Gasteiger partial charge on any atom is -0.493 e. The lowest BCUT2D eigenvalue weighted by molar-refractivity contribution is 0.0944. The van der Waals surface area contributed by atoms with Gasteiger partial charge in [0.1, 0.15) is 5.69 Å². The molecule has 0 unspecified atom stereocenters. The van der Waals surface area contributed by atoms with Crippen molar-refractivity contribution < 1.29 is 19.1 Å². The molecule has 1 aliphatic rings. The number of benzene rings is 1. The smallest absolute Gasteiger partial charge is 0.268 e. The molecule has 0 saturated carbocycles. The Morgan fingerprint density at radius 3 is 2.72 bits per heavy atom. The number of nitrogens with one attached hydrogen (secondary N) is 2. The van der Waals surface area contributed by atoms with E-state index in [-0.39, 0.29) is 11.7 Å². The van der Waals surface area contributed by atoms with E-state index in [1.807, 2.05) is 19.1 Å². The average Bonchev–Trinajstić information content (AvgIpc) is 2.97. The van der Waals surface area contributed by atoms with Gasteiger partial charge < -0.3 is 19.8 Å². The summed E-state index contributed by atoms with van der Waals surface area (Å²) in [5, 5.41) is 2.89. The van der Waals surface area contributed by atoms with Crippen molar-refractivity contribution in [2.75, 3.05) is 14.2 Å². The zero-order valence-electron chi connectivity index (χ0n) is 14.7. The first kappa shape index (κ1) is 17.1. The van der Waals surface area contributed by atoms with Crippen LogP contribution in [0.5, 0.6) is 11.5 Å². The second kappa shape index (κ2) is 7.01. The molecule has 3 rings (SSSR count). The molecule has 2 aromatic rings. The number of Topliss-reactive ketones (excluding diaryl/α,β-unsaturated/α-hetero) is 1. The van der Waals surface area contributed by atoms with Gasteiger partial charge >= 0.3 is 0 Å². The van der Waals surface area contributed by atoms with Gasteiger partial charge in [-0.15, -0.1) is 0 Å². The van der Waals surface area contributed by atoms with Gasteiger partial charge in [-0.25, -0.2) is 0 Å². The second-order valence-electron chi connectivity index (χ2n) is 6.09. The molecule has 0 aliphatic heterocycles. The number of para-hydroxylation sites is 1. The minimum atomic E-state index is -0.232. The Balaban J connectivity index is 1.79. The van der Waals surface area contributed by atoms with Gasteiger partial charge in [-0.3, -0.25) is 9.59 Å². The van der Waals surface area contributed by atoms with Crippen LogP contribution in [0.4, 0.5) is 0 Å². The molecule has 0 saturated heterocycles. The highest BCUT2D eigenvalue weighted by molar-refractivity contribution is 6.04. The van der Waals surface area contributed by atoms with Crippen molar-refractivity contribution >= 4 is 11.7 Å². The molecule has 1 aromatic carbocycles. The lowest BCUT2D eigenvalue weighted by Gasteiger charge is -2.13. The van der Waals surface area contributed by atoms with Gasteiger partial charge in [0, 0.05) is 29.8 Å². The van der Waals surface area contributed by atoms with E-state index in [1.54, 1.807) is 20.3 Å². The molecule has 1 amide bonds. The molecule has 132 valence electrons. The maximum Gasteiger partial charge on any atom is 0.268 e. The normalized spacial score (nSPS) is 13.3. The van der Waals surface area contributed by atoms with E-state index in [0.717, 1.165) is 29.7 Å². The van der Waals surface area contributed by atoms with Crippen molar-refractivity contribution in [2.45, 2.75) is 32.7 Å². The van der Waals surface area contributed by atoms with Gasteiger partial charge in [-0.05, 0) is 31.4 Å². The Kier molecular flexibility index (Phi) is 4.79. The van der Waals surface area contributed by atoms with Crippen LogP contribution in [0.25, 0.3) is 0 Å². The Morgan fingerprint density at radius 1 is 1.24 bits per heavy atom. The Hall–Kier alpha value is -2.76. The van der Waals surface area contributed by atoms with E-state index in [9.17, 15) is 9.59 Å². The van der Waals surface area contributed by atoms with E-state index in [2.05, 4.69) is 10.3 Å². The molecule has 1 aromatic heterocycles. The molecule has 25 heavy (non-hydrogen) atoms. The van der Waals surface area contributed by atoms with Crippen LogP contribution in [0, 0.1) is 6.92 Å². The van der Waals surface area contributed by atoms with E-state index >= 15 is 0 Å². The summed E-state index contributed by atoms with van der Waals surface area (Å²) in [5.74, 6) is 1.10. The molecule has 1 aliphatic carbocycles. The molecule has 1 heterocycles. The van der Waals surface area contributed by atoms with Crippen molar-refractivity contribution in [2.24, 2.45) is 0 Å². The summed E-state index contributed by atoms with van der Waals surface area (Å²) in [6.07, 6.45) is 2.18. The van der Waals surface area contributed by atoms with Crippen molar-refractivity contribution in [1.29, 1.82) is 0 Å². The first-order valence-corrected chi connectivity index (χ1v) is 8.29. The van der Waals surface area contributed by atoms with E-state index in [4.69, 9.17) is 9.47 Å². The number of hydrogen-bond acceptors (Lipinski definition) is 4. The number of methoxy groups -OCH3 is 2. The summed E-state index contributed by atoms with van der Waals surface area (Å²) in [5.41, 5.74) is 3.57. The van der Waals surface area contributed by atoms with Crippen LogP contribution in [-0.4, -0.2) is 30.9 Å². The summed E-state index contributed by atoms with van der Waals surface area (Å²) in [6, 6.07) is 5.52. The van der Waals surface area contributed by atoms with Crippen molar-refractivity contribution in [1.82, 2.24) is 10.3 Å². The highest BCUT2D eigenvalue weighted by Crippen LogP contribution is 2.31. The van der Waals surface area contributed by atoms with E-state index in [0.29, 0.717) is 35.7 Å².